The third-order valence-electron chi connectivity index (χ3n) is 5.72. The van der Waals surface area contributed by atoms with Crippen LogP contribution >= 0.6 is 11.6 Å². The monoisotopic (exact) mass is 457 g/mol. The van der Waals surface area contributed by atoms with E-state index in [0.717, 1.165) is 31.6 Å². The molecule has 0 radical (unpaired) electrons. The highest BCUT2D eigenvalue weighted by molar-refractivity contribution is 6.31. The fourth-order valence-electron chi connectivity index (χ4n) is 4.00. The lowest BCUT2D eigenvalue weighted by molar-refractivity contribution is -0.116. The van der Waals surface area contributed by atoms with E-state index in [1.807, 2.05) is 18.2 Å². The number of anilines is 1. The summed E-state index contributed by atoms with van der Waals surface area (Å²) >= 11 is 6.12. The van der Waals surface area contributed by atoms with Crippen molar-refractivity contribution in [2.75, 3.05) is 31.7 Å². The van der Waals surface area contributed by atoms with Crippen LogP contribution in [0.15, 0.2) is 36.4 Å². The number of nitrogens with one attached hydrogen (secondary N) is 2. The molecule has 1 saturated heterocycles. The quantitative estimate of drug-likeness (QED) is 0.621. The highest BCUT2D eigenvalue weighted by Gasteiger charge is 2.17. The number of hydrogen-bond donors (Lipinski definition) is 2. The molecule has 2 aromatic carbocycles. The van der Waals surface area contributed by atoms with Gasteiger partial charge in [0.25, 0.3) is 5.91 Å². The van der Waals surface area contributed by atoms with E-state index in [1.165, 1.54) is 19.3 Å². The van der Waals surface area contributed by atoms with Crippen LogP contribution in [0.25, 0.3) is 0 Å². The lowest BCUT2D eigenvalue weighted by Crippen LogP contribution is -2.31. The maximum absolute atomic E-state index is 12.8. The normalized spacial score (nSPS) is 15.4. The Morgan fingerprint density at radius 3 is 2.66 bits per heavy atom. The van der Waals surface area contributed by atoms with Gasteiger partial charge in [0.05, 0.1) is 11.3 Å². The average molecular weight is 458 g/mol. The number of piperidine rings is 1. The van der Waals surface area contributed by atoms with Crippen LogP contribution in [0.4, 0.5) is 5.69 Å². The molecule has 0 bridgehead atoms. The van der Waals surface area contributed by atoms with Gasteiger partial charge >= 0.3 is 0 Å². The summed E-state index contributed by atoms with van der Waals surface area (Å²) in [6.45, 7) is 3.68. The molecular weight excluding hydrogens is 430 g/mol. The molecule has 0 aromatic heterocycles. The van der Waals surface area contributed by atoms with Crippen molar-refractivity contribution in [3.63, 3.8) is 0 Å². The minimum Gasteiger partial charge on any atom is -0.454 e. The molecule has 170 valence electrons. The Hall–Kier alpha value is -2.77. The van der Waals surface area contributed by atoms with E-state index < -0.39 is 0 Å². The average Bonchev–Trinajstić information content (AvgIpc) is 3.27. The molecule has 0 unspecified atom stereocenters. The molecule has 0 saturated carbocycles. The zero-order valence-corrected chi connectivity index (χ0v) is 18.7. The molecule has 2 heterocycles. The Kier molecular flexibility index (Phi) is 7.50. The molecular formula is C24H28ClN3O4. The molecule has 8 heteroatoms. The number of fused-ring (bicyclic) bond motifs is 1. The molecule has 0 aliphatic carbocycles. The van der Waals surface area contributed by atoms with Crippen LogP contribution in [0.3, 0.4) is 0 Å². The van der Waals surface area contributed by atoms with Gasteiger partial charge in [0.1, 0.15) is 0 Å². The van der Waals surface area contributed by atoms with E-state index in [1.54, 1.807) is 18.2 Å². The lowest BCUT2D eigenvalue weighted by atomic mass is 10.1. The summed E-state index contributed by atoms with van der Waals surface area (Å²) in [6.07, 6.45) is 4.99. The van der Waals surface area contributed by atoms with Crippen LogP contribution in [-0.2, 0) is 11.3 Å². The summed E-state index contributed by atoms with van der Waals surface area (Å²) < 4.78 is 10.7. The highest BCUT2D eigenvalue weighted by Crippen LogP contribution is 2.32. The van der Waals surface area contributed by atoms with E-state index in [0.29, 0.717) is 40.7 Å². The van der Waals surface area contributed by atoms with Crippen molar-refractivity contribution in [1.29, 1.82) is 0 Å². The number of likely N-dealkylation sites (tertiary alicyclic amines) is 1. The molecule has 0 atom stereocenters. The van der Waals surface area contributed by atoms with Crippen molar-refractivity contribution >= 4 is 29.1 Å². The van der Waals surface area contributed by atoms with Crippen LogP contribution in [0.2, 0.25) is 5.02 Å². The number of benzene rings is 2. The van der Waals surface area contributed by atoms with E-state index >= 15 is 0 Å². The molecule has 2 aromatic rings. The summed E-state index contributed by atoms with van der Waals surface area (Å²) in [5, 5.41) is 6.19. The molecule has 2 aliphatic rings. The second-order valence-corrected chi connectivity index (χ2v) is 8.55. The van der Waals surface area contributed by atoms with Crippen molar-refractivity contribution in [1.82, 2.24) is 10.2 Å². The maximum atomic E-state index is 12.8. The molecule has 4 rings (SSSR count). The largest absolute Gasteiger partial charge is 0.454 e. The third-order valence-corrected chi connectivity index (χ3v) is 5.95. The number of rotatable bonds is 8. The minimum absolute atomic E-state index is 0.103. The smallest absolute Gasteiger partial charge is 0.253 e. The summed E-state index contributed by atoms with van der Waals surface area (Å²) in [6, 6.07) is 10.4. The van der Waals surface area contributed by atoms with Gasteiger partial charge in [-0.15, -0.1) is 0 Å². The van der Waals surface area contributed by atoms with Gasteiger partial charge < -0.3 is 25.0 Å². The highest BCUT2D eigenvalue weighted by atomic mass is 35.5. The number of amides is 2. The van der Waals surface area contributed by atoms with E-state index in [2.05, 4.69) is 15.5 Å². The van der Waals surface area contributed by atoms with Gasteiger partial charge in [-0.05, 0) is 74.8 Å². The summed E-state index contributed by atoms with van der Waals surface area (Å²) in [5.41, 5.74) is 1.68. The first-order chi connectivity index (χ1) is 15.6. The van der Waals surface area contributed by atoms with Gasteiger partial charge in [-0.2, -0.15) is 0 Å². The Balaban J connectivity index is 1.32. The molecule has 0 spiro atoms. The zero-order valence-electron chi connectivity index (χ0n) is 18.0. The van der Waals surface area contributed by atoms with Crippen molar-refractivity contribution in [2.24, 2.45) is 0 Å². The van der Waals surface area contributed by atoms with Crippen LogP contribution in [-0.4, -0.2) is 43.1 Å². The second kappa shape index (κ2) is 10.7. The van der Waals surface area contributed by atoms with Crippen LogP contribution in [0, 0.1) is 0 Å². The third kappa shape index (κ3) is 5.93. The maximum Gasteiger partial charge on any atom is 0.253 e. The predicted molar refractivity (Wildman–Crippen MR) is 123 cm³/mol. The Bertz CT molecular complexity index is 976. The first-order valence-corrected chi connectivity index (χ1v) is 11.4. The summed E-state index contributed by atoms with van der Waals surface area (Å²) in [7, 11) is 0. The minimum atomic E-state index is -0.311. The van der Waals surface area contributed by atoms with Gasteiger partial charge in [0.15, 0.2) is 11.5 Å². The van der Waals surface area contributed by atoms with Gasteiger partial charge in [0, 0.05) is 18.0 Å². The summed E-state index contributed by atoms with van der Waals surface area (Å²) in [5.74, 6) is 0.945. The molecule has 2 N–H and O–H groups in total. The number of hydrogen-bond acceptors (Lipinski definition) is 5. The standard InChI is InChI=1S/C24H28ClN3O4/c25-18-7-8-20(27-23(29)5-4-12-28-10-2-1-3-11-28)19(14-18)24(30)26-15-17-6-9-21-22(13-17)32-16-31-21/h6-9,13-14H,1-5,10-12,15-16H2,(H,26,30)(H,27,29). The molecule has 2 amide bonds. The number of nitrogens with zero attached hydrogens (tertiary/aromatic N) is 1. The first kappa shape index (κ1) is 22.4. The second-order valence-electron chi connectivity index (χ2n) is 8.11. The zero-order chi connectivity index (χ0) is 22.3. The van der Waals surface area contributed by atoms with E-state index in [4.69, 9.17) is 21.1 Å². The van der Waals surface area contributed by atoms with Gasteiger partial charge in [-0.1, -0.05) is 24.1 Å². The fraction of sp³-hybridized carbons (Fsp3) is 0.417. The molecule has 2 aliphatic heterocycles. The van der Waals surface area contributed by atoms with Crippen molar-refractivity contribution in [3.05, 3.63) is 52.5 Å². The van der Waals surface area contributed by atoms with Crippen molar-refractivity contribution < 1.29 is 19.1 Å². The topological polar surface area (TPSA) is 79.9 Å². The van der Waals surface area contributed by atoms with E-state index in [-0.39, 0.29) is 18.6 Å². The van der Waals surface area contributed by atoms with Gasteiger partial charge in [-0.3, -0.25) is 9.59 Å². The summed E-state index contributed by atoms with van der Waals surface area (Å²) in [4.78, 5) is 27.7. The SMILES string of the molecule is O=C(CCCN1CCCCC1)Nc1ccc(Cl)cc1C(=O)NCc1ccc2c(c1)OCO2. The predicted octanol–water partition coefficient (Wildman–Crippen LogP) is 4.20. The molecule has 1 fully saturated rings. The van der Waals surface area contributed by atoms with Gasteiger partial charge in [-0.25, -0.2) is 0 Å². The Morgan fingerprint density at radius 1 is 1.00 bits per heavy atom. The van der Waals surface area contributed by atoms with Crippen molar-refractivity contribution in [2.45, 2.75) is 38.6 Å². The number of carbonyl (C=O) groups is 2. The van der Waals surface area contributed by atoms with Crippen LogP contribution < -0.4 is 20.1 Å². The number of ether oxygens (including phenoxy) is 2. The Morgan fingerprint density at radius 2 is 1.81 bits per heavy atom. The Labute approximate surface area is 193 Å². The number of carbonyl (C=O) groups excluding carboxylic acids is 2. The number of halogens is 1. The lowest BCUT2D eigenvalue weighted by Gasteiger charge is -2.26. The first-order valence-electron chi connectivity index (χ1n) is 11.1. The van der Waals surface area contributed by atoms with Crippen LogP contribution in [0.5, 0.6) is 11.5 Å². The molecule has 32 heavy (non-hydrogen) atoms. The fourth-order valence-corrected chi connectivity index (χ4v) is 4.17. The van der Waals surface area contributed by atoms with Crippen molar-refractivity contribution in [3.8, 4) is 11.5 Å². The van der Waals surface area contributed by atoms with Crippen LogP contribution in [0.1, 0.15) is 48.0 Å². The van der Waals surface area contributed by atoms with E-state index in [9.17, 15) is 9.59 Å². The van der Waals surface area contributed by atoms with Gasteiger partial charge in [0.2, 0.25) is 12.7 Å². The molecule has 7 nitrogen and oxygen atoms in total.